The molecule has 0 saturated carbocycles. The third-order valence-corrected chi connectivity index (χ3v) is 4.19. The maximum atomic E-state index is 12.5. The Labute approximate surface area is 127 Å². The van der Waals surface area contributed by atoms with Gasteiger partial charge >= 0.3 is 0 Å². The molecule has 112 valence electrons. The van der Waals surface area contributed by atoms with E-state index >= 15 is 0 Å². The zero-order chi connectivity index (χ0) is 14.0. The highest BCUT2D eigenvalue weighted by Crippen LogP contribution is 2.22. The van der Waals surface area contributed by atoms with Crippen molar-refractivity contribution in [3.63, 3.8) is 0 Å². The van der Waals surface area contributed by atoms with Gasteiger partial charge in [0, 0.05) is 24.7 Å². The Morgan fingerprint density at radius 1 is 1.30 bits per heavy atom. The van der Waals surface area contributed by atoms with Gasteiger partial charge < -0.3 is 10.6 Å². The number of benzene rings is 1. The minimum atomic E-state index is 0. The fourth-order valence-corrected chi connectivity index (χ4v) is 2.76. The lowest BCUT2D eigenvalue weighted by Gasteiger charge is -2.34. The van der Waals surface area contributed by atoms with Gasteiger partial charge in [-0.2, -0.15) is 0 Å². The van der Waals surface area contributed by atoms with Gasteiger partial charge in [0.25, 0.3) is 5.91 Å². The molecule has 1 aliphatic heterocycles. The van der Waals surface area contributed by atoms with Crippen LogP contribution in [-0.2, 0) is 0 Å². The predicted molar refractivity (Wildman–Crippen MR) is 85.4 cm³/mol. The predicted octanol–water partition coefficient (Wildman–Crippen LogP) is 2.92. The molecular formula is C16H25ClN2O. The van der Waals surface area contributed by atoms with E-state index in [1.807, 2.05) is 30.9 Å². The van der Waals surface area contributed by atoms with E-state index in [1.54, 1.807) is 0 Å². The van der Waals surface area contributed by atoms with Crippen molar-refractivity contribution in [2.24, 2.45) is 11.7 Å². The van der Waals surface area contributed by atoms with Gasteiger partial charge in [-0.3, -0.25) is 4.79 Å². The Kier molecular flexibility index (Phi) is 6.03. The molecule has 1 atom stereocenters. The summed E-state index contributed by atoms with van der Waals surface area (Å²) in [5.41, 5.74) is 8.99. The normalized spacial score (nSPS) is 17.5. The van der Waals surface area contributed by atoms with Gasteiger partial charge in [-0.1, -0.05) is 17.7 Å². The SMILES string of the molecule is Cc1ccc(C)c(C(=O)N2CCC(C(C)N)CC2)c1.Cl. The van der Waals surface area contributed by atoms with E-state index in [0.29, 0.717) is 5.92 Å². The van der Waals surface area contributed by atoms with E-state index < -0.39 is 0 Å². The number of hydrogen-bond donors (Lipinski definition) is 1. The molecule has 0 radical (unpaired) electrons. The second-order valence-electron chi connectivity index (χ2n) is 5.81. The van der Waals surface area contributed by atoms with Gasteiger partial charge in [-0.15, -0.1) is 12.4 Å². The van der Waals surface area contributed by atoms with Gasteiger partial charge in [-0.25, -0.2) is 0 Å². The van der Waals surface area contributed by atoms with Gasteiger partial charge in [0.2, 0.25) is 0 Å². The van der Waals surface area contributed by atoms with Gasteiger partial charge in [0.1, 0.15) is 0 Å². The zero-order valence-electron chi connectivity index (χ0n) is 12.6. The van der Waals surface area contributed by atoms with E-state index in [2.05, 4.69) is 13.0 Å². The average molecular weight is 297 g/mol. The first kappa shape index (κ1) is 17.0. The highest BCUT2D eigenvalue weighted by atomic mass is 35.5. The molecule has 3 nitrogen and oxygen atoms in total. The molecule has 1 heterocycles. The number of rotatable bonds is 2. The fraction of sp³-hybridized carbons (Fsp3) is 0.562. The van der Waals surface area contributed by atoms with E-state index in [1.165, 1.54) is 0 Å². The Morgan fingerprint density at radius 3 is 2.45 bits per heavy atom. The number of amides is 1. The number of piperidine rings is 1. The summed E-state index contributed by atoms with van der Waals surface area (Å²) in [6.45, 7) is 7.75. The maximum Gasteiger partial charge on any atom is 0.254 e. The number of aryl methyl sites for hydroxylation is 2. The molecule has 0 aliphatic carbocycles. The second kappa shape index (κ2) is 7.09. The molecule has 1 fully saturated rings. The lowest BCUT2D eigenvalue weighted by atomic mass is 9.90. The summed E-state index contributed by atoms with van der Waals surface area (Å²) in [7, 11) is 0. The summed E-state index contributed by atoms with van der Waals surface area (Å²) in [5, 5.41) is 0. The Balaban J connectivity index is 0.00000200. The number of nitrogens with zero attached hydrogens (tertiary/aromatic N) is 1. The van der Waals surface area contributed by atoms with E-state index in [-0.39, 0.29) is 24.4 Å². The summed E-state index contributed by atoms with van der Waals surface area (Å²) in [4.78, 5) is 14.5. The molecule has 1 unspecified atom stereocenters. The number of hydrogen-bond acceptors (Lipinski definition) is 2. The van der Waals surface area contributed by atoms with Crippen LogP contribution in [0.2, 0.25) is 0 Å². The minimum absolute atomic E-state index is 0. The van der Waals surface area contributed by atoms with Crippen LogP contribution in [-0.4, -0.2) is 29.9 Å². The Morgan fingerprint density at radius 2 is 1.90 bits per heavy atom. The van der Waals surface area contributed by atoms with Crippen molar-refractivity contribution in [2.75, 3.05) is 13.1 Å². The van der Waals surface area contributed by atoms with Crippen LogP contribution in [0.4, 0.5) is 0 Å². The van der Waals surface area contributed by atoms with Crippen molar-refractivity contribution in [3.8, 4) is 0 Å². The highest BCUT2D eigenvalue weighted by molar-refractivity contribution is 5.95. The molecule has 20 heavy (non-hydrogen) atoms. The third kappa shape index (κ3) is 3.74. The van der Waals surface area contributed by atoms with Crippen LogP contribution < -0.4 is 5.73 Å². The van der Waals surface area contributed by atoms with Gasteiger partial charge in [0.15, 0.2) is 0 Å². The van der Waals surface area contributed by atoms with Crippen molar-refractivity contribution in [1.29, 1.82) is 0 Å². The smallest absolute Gasteiger partial charge is 0.254 e. The largest absolute Gasteiger partial charge is 0.339 e. The van der Waals surface area contributed by atoms with Gasteiger partial charge in [-0.05, 0) is 51.2 Å². The van der Waals surface area contributed by atoms with Crippen LogP contribution in [0.5, 0.6) is 0 Å². The molecule has 1 amide bonds. The summed E-state index contributed by atoms with van der Waals surface area (Å²) < 4.78 is 0. The first-order valence-corrected chi connectivity index (χ1v) is 7.11. The number of nitrogens with two attached hydrogens (primary N) is 1. The van der Waals surface area contributed by atoms with Crippen LogP contribution in [0.1, 0.15) is 41.3 Å². The molecule has 0 bridgehead atoms. The number of likely N-dealkylation sites (tertiary alicyclic amines) is 1. The van der Waals surface area contributed by atoms with Crippen LogP contribution in [0.15, 0.2) is 18.2 Å². The average Bonchev–Trinajstić information content (AvgIpc) is 2.41. The zero-order valence-corrected chi connectivity index (χ0v) is 13.4. The second-order valence-corrected chi connectivity index (χ2v) is 5.81. The maximum absolute atomic E-state index is 12.5. The molecule has 0 spiro atoms. The molecule has 2 rings (SSSR count). The number of halogens is 1. The van der Waals surface area contributed by atoms with Gasteiger partial charge in [0.05, 0.1) is 0 Å². The Bertz CT molecular complexity index is 466. The molecular weight excluding hydrogens is 272 g/mol. The van der Waals surface area contributed by atoms with E-state index in [4.69, 9.17) is 5.73 Å². The number of carbonyl (C=O) groups is 1. The topological polar surface area (TPSA) is 46.3 Å². The lowest BCUT2D eigenvalue weighted by Crippen LogP contribution is -2.42. The Hall–Kier alpha value is -1.06. The van der Waals surface area contributed by atoms with E-state index in [0.717, 1.165) is 42.6 Å². The van der Waals surface area contributed by atoms with Crippen molar-refractivity contribution in [2.45, 2.75) is 39.7 Å². The fourth-order valence-electron chi connectivity index (χ4n) is 2.76. The summed E-state index contributed by atoms with van der Waals surface area (Å²) in [5.74, 6) is 0.729. The molecule has 1 saturated heterocycles. The molecule has 1 aromatic carbocycles. The van der Waals surface area contributed by atoms with Crippen LogP contribution in [0.25, 0.3) is 0 Å². The third-order valence-electron chi connectivity index (χ3n) is 4.19. The molecule has 1 aliphatic rings. The van der Waals surface area contributed by atoms with Crippen LogP contribution in [0, 0.1) is 19.8 Å². The minimum Gasteiger partial charge on any atom is -0.339 e. The number of carbonyl (C=O) groups excluding carboxylic acids is 1. The van der Waals surface area contributed by atoms with Crippen LogP contribution >= 0.6 is 12.4 Å². The van der Waals surface area contributed by atoms with Crippen molar-refractivity contribution in [1.82, 2.24) is 4.90 Å². The molecule has 4 heteroatoms. The molecule has 2 N–H and O–H groups in total. The first-order chi connectivity index (χ1) is 8.99. The summed E-state index contributed by atoms with van der Waals surface area (Å²) in [6, 6.07) is 6.30. The monoisotopic (exact) mass is 296 g/mol. The first-order valence-electron chi connectivity index (χ1n) is 7.11. The molecule has 1 aromatic rings. The summed E-state index contributed by atoms with van der Waals surface area (Å²) in [6.07, 6.45) is 2.04. The van der Waals surface area contributed by atoms with Crippen molar-refractivity contribution >= 4 is 18.3 Å². The lowest BCUT2D eigenvalue weighted by molar-refractivity contribution is 0.0680. The highest BCUT2D eigenvalue weighted by Gasteiger charge is 2.26. The van der Waals surface area contributed by atoms with Crippen molar-refractivity contribution < 1.29 is 4.79 Å². The quantitative estimate of drug-likeness (QED) is 0.912. The summed E-state index contributed by atoms with van der Waals surface area (Å²) >= 11 is 0. The molecule has 0 aromatic heterocycles. The standard InChI is InChI=1S/C16H24N2O.ClH/c1-11-4-5-12(2)15(10-11)16(19)18-8-6-14(7-9-18)13(3)17;/h4-5,10,13-14H,6-9,17H2,1-3H3;1H. The van der Waals surface area contributed by atoms with E-state index in [9.17, 15) is 4.79 Å². The van der Waals surface area contributed by atoms with Crippen LogP contribution in [0.3, 0.4) is 0 Å². The van der Waals surface area contributed by atoms with Crippen molar-refractivity contribution in [3.05, 3.63) is 34.9 Å².